The summed E-state index contributed by atoms with van der Waals surface area (Å²) < 4.78 is 5.44. The van der Waals surface area contributed by atoms with Gasteiger partial charge >= 0.3 is 5.97 Å². The van der Waals surface area contributed by atoms with E-state index in [0.29, 0.717) is 25.5 Å². The number of hydrogen-bond donors (Lipinski definition) is 2. The molecule has 0 bridgehead atoms. The Kier molecular flexibility index (Phi) is 3.50. The van der Waals surface area contributed by atoms with Gasteiger partial charge in [0.25, 0.3) is 0 Å². The van der Waals surface area contributed by atoms with Crippen LogP contribution in [0.25, 0.3) is 0 Å². The van der Waals surface area contributed by atoms with Crippen LogP contribution < -0.4 is 5.32 Å². The normalized spacial score (nSPS) is 34.9. The number of ether oxygens (including phenoxy) is 1. The molecule has 2 aliphatic carbocycles. The fourth-order valence-electron chi connectivity index (χ4n) is 2.89. The minimum Gasteiger partial charge on any atom is -0.480 e. The van der Waals surface area contributed by atoms with Crippen molar-refractivity contribution in [3.05, 3.63) is 0 Å². The first-order valence-electron chi connectivity index (χ1n) is 6.29. The van der Waals surface area contributed by atoms with Gasteiger partial charge in [0.05, 0.1) is 6.10 Å². The molecule has 92 valence electrons. The molecule has 2 aliphatic rings. The first-order valence-corrected chi connectivity index (χ1v) is 6.29. The number of carboxylic acid groups (broad SMARTS) is 1. The van der Waals surface area contributed by atoms with Crippen LogP contribution in [0.5, 0.6) is 0 Å². The molecule has 2 N–H and O–H groups in total. The van der Waals surface area contributed by atoms with Crippen LogP contribution in [0.3, 0.4) is 0 Å². The highest BCUT2D eigenvalue weighted by atomic mass is 16.5. The lowest BCUT2D eigenvalue weighted by Crippen LogP contribution is -2.65. The third kappa shape index (κ3) is 2.23. The molecule has 0 unspecified atom stereocenters. The van der Waals surface area contributed by atoms with Crippen molar-refractivity contribution in [3.63, 3.8) is 0 Å². The molecule has 0 aromatic rings. The zero-order chi connectivity index (χ0) is 11.6. The maximum Gasteiger partial charge on any atom is 0.324 e. The Bertz CT molecular complexity index is 255. The molecule has 2 rings (SSSR count). The predicted octanol–water partition coefficient (Wildman–Crippen LogP) is 1.54. The highest BCUT2D eigenvalue weighted by Crippen LogP contribution is 2.37. The Hall–Kier alpha value is -0.610. The molecular weight excluding hydrogens is 206 g/mol. The molecule has 0 aromatic carbocycles. The third-order valence-electron chi connectivity index (χ3n) is 3.80. The molecule has 2 fully saturated rings. The Labute approximate surface area is 96.4 Å². The summed E-state index contributed by atoms with van der Waals surface area (Å²) in [5.74, 6) is -0.713. The topological polar surface area (TPSA) is 58.6 Å². The second-order valence-electron chi connectivity index (χ2n) is 5.00. The van der Waals surface area contributed by atoms with Crippen LogP contribution in [-0.4, -0.2) is 35.4 Å². The highest BCUT2D eigenvalue weighted by Gasteiger charge is 2.52. The van der Waals surface area contributed by atoms with E-state index in [1.54, 1.807) is 0 Å². The highest BCUT2D eigenvalue weighted by molar-refractivity contribution is 5.80. The molecule has 0 amide bonds. The summed E-state index contributed by atoms with van der Waals surface area (Å²) in [5, 5.41) is 12.6. The molecule has 2 saturated carbocycles. The van der Waals surface area contributed by atoms with Gasteiger partial charge in [-0.3, -0.25) is 10.1 Å². The van der Waals surface area contributed by atoms with Crippen LogP contribution in [0.2, 0.25) is 0 Å². The zero-order valence-electron chi connectivity index (χ0n) is 9.87. The first kappa shape index (κ1) is 11.9. The van der Waals surface area contributed by atoms with E-state index in [4.69, 9.17) is 4.74 Å². The van der Waals surface area contributed by atoms with Crippen molar-refractivity contribution < 1.29 is 14.6 Å². The maximum absolute atomic E-state index is 11.3. The SMILES string of the molecule is CCOC1CC(NC2CCCC2)(C(=O)O)C1. The summed E-state index contributed by atoms with van der Waals surface area (Å²) >= 11 is 0. The van der Waals surface area contributed by atoms with Crippen LogP contribution >= 0.6 is 0 Å². The lowest BCUT2D eigenvalue weighted by atomic mass is 9.73. The summed E-state index contributed by atoms with van der Waals surface area (Å²) in [6, 6.07) is 0.402. The van der Waals surface area contributed by atoms with Gasteiger partial charge in [-0.15, -0.1) is 0 Å². The second kappa shape index (κ2) is 4.72. The minimum atomic E-state index is -0.713. The van der Waals surface area contributed by atoms with Gasteiger partial charge in [0.2, 0.25) is 0 Å². The van der Waals surface area contributed by atoms with Crippen molar-refractivity contribution in [2.45, 2.75) is 63.1 Å². The molecule has 0 spiro atoms. The Morgan fingerprint density at radius 2 is 2.06 bits per heavy atom. The Morgan fingerprint density at radius 1 is 1.44 bits per heavy atom. The summed E-state index contributed by atoms with van der Waals surface area (Å²) in [7, 11) is 0. The van der Waals surface area contributed by atoms with Crippen molar-refractivity contribution in [2.75, 3.05) is 6.61 Å². The minimum absolute atomic E-state index is 0.134. The Balaban J connectivity index is 1.88. The molecule has 0 atom stereocenters. The van der Waals surface area contributed by atoms with Crippen LogP contribution in [-0.2, 0) is 9.53 Å². The number of nitrogens with one attached hydrogen (secondary N) is 1. The lowest BCUT2D eigenvalue weighted by molar-refractivity contribution is -0.158. The molecule has 4 heteroatoms. The molecule has 4 nitrogen and oxygen atoms in total. The van der Waals surface area contributed by atoms with E-state index < -0.39 is 11.5 Å². The van der Waals surface area contributed by atoms with Crippen molar-refractivity contribution >= 4 is 5.97 Å². The quantitative estimate of drug-likeness (QED) is 0.748. The Morgan fingerprint density at radius 3 is 2.56 bits per heavy atom. The predicted molar refractivity (Wildman–Crippen MR) is 60.4 cm³/mol. The smallest absolute Gasteiger partial charge is 0.324 e. The monoisotopic (exact) mass is 227 g/mol. The van der Waals surface area contributed by atoms with Gasteiger partial charge in [0.1, 0.15) is 5.54 Å². The summed E-state index contributed by atoms with van der Waals surface area (Å²) in [5.41, 5.74) is -0.700. The molecule has 0 aliphatic heterocycles. The van der Waals surface area contributed by atoms with Crippen LogP contribution in [0.1, 0.15) is 45.4 Å². The van der Waals surface area contributed by atoms with Gasteiger partial charge in [0.15, 0.2) is 0 Å². The van der Waals surface area contributed by atoms with Crippen LogP contribution in [0.4, 0.5) is 0 Å². The molecule has 0 radical (unpaired) electrons. The van der Waals surface area contributed by atoms with E-state index in [1.807, 2.05) is 6.92 Å². The molecule has 0 aromatic heterocycles. The fourth-order valence-corrected chi connectivity index (χ4v) is 2.89. The number of carboxylic acids is 1. The molecule has 0 heterocycles. The van der Waals surface area contributed by atoms with Crippen LogP contribution in [0, 0.1) is 0 Å². The van der Waals surface area contributed by atoms with Gasteiger partial charge in [0, 0.05) is 25.5 Å². The van der Waals surface area contributed by atoms with Gasteiger partial charge < -0.3 is 9.84 Å². The first-order chi connectivity index (χ1) is 7.66. The third-order valence-corrected chi connectivity index (χ3v) is 3.80. The van der Waals surface area contributed by atoms with Gasteiger partial charge in [-0.25, -0.2) is 0 Å². The maximum atomic E-state index is 11.3. The van der Waals surface area contributed by atoms with E-state index in [1.165, 1.54) is 12.8 Å². The molecular formula is C12H21NO3. The van der Waals surface area contributed by atoms with Crippen LogP contribution in [0.15, 0.2) is 0 Å². The summed E-state index contributed by atoms with van der Waals surface area (Å²) in [4.78, 5) is 11.3. The van der Waals surface area contributed by atoms with E-state index in [9.17, 15) is 9.90 Å². The average Bonchev–Trinajstić information content (AvgIpc) is 2.66. The number of hydrogen-bond acceptors (Lipinski definition) is 3. The molecule has 0 saturated heterocycles. The van der Waals surface area contributed by atoms with E-state index >= 15 is 0 Å². The van der Waals surface area contributed by atoms with Crippen molar-refractivity contribution in [3.8, 4) is 0 Å². The van der Waals surface area contributed by atoms with Gasteiger partial charge in [-0.05, 0) is 19.8 Å². The summed E-state index contributed by atoms with van der Waals surface area (Å²) in [6.07, 6.45) is 6.06. The zero-order valence-corrected chi connectivity index (χ0v) is 9.87. The standard InChI is InChI=1S/C12H21NO3/c1-2-16-10-7-12(8-10,11(14)15)13-9-5-3-4-6-9/h9-10,13H,2-8H2,1H3,(H,14,15). The number of carbonyl (C=O) groups is 1. The van der Waals surface area contributed by atoms with Gasteiger partial charge in [-0.2, -0.15) is 0 Å². The molecule has 16 heavy (non-hydrogen) atoms. The fraction of sp³-hybridized carbons (Fsp3) is 0.917. The summed E-state index contributed by atoms with van der Waals surface area (Å²) in [6.45, 7) is 2.62. The van der Waals surface area contributed by atoms with Crippen molar-refractivity contribution in [2.24, 2.45) is 0 Å². The van der Waals surface area contributed by atoms with Crippen molar-refractivity contribution in [1.82, 2.24) is 5.32 Å². The van der Waals surface area contributed by atoms with E-state index in [2.05, 4.69) is 5.32 Å². The number of aliphatic carboxylic acids is 1. The average molecular weight is 227 g/mol. The van der Waals surface area contributed by atoms with E-state index in [0.717, 1.165) is 12.8 Å². The van der Waals surface area contributed by atoms with Gasteiger partial charge in [-0.1, -0.05) is 12.8 Å². The largest absolute Gasteiger partial charge is 0.480 e. The van der Waals surface area contributed by atoms with Crippen molar-refractivity contribution in [1.29, 1.82) is 0 Å². The van der Waals surface area contributed by atoms with E-state index in [-0.39, 0.29) is 6.10 Å². The lowest BCUT2D eigenvalue weighted by Gasteiger charge is -2.46. The number of rotatable bonds is 5. The second-order valence-corrected chi connectivity index (χ2v) is 5.00.